The van der Waals surface area contributed by atoms with E-state index in [1.54, 1.807) is 19.1 Å². The molecule has 0 unspecified atom stereocenters. The maximum atomic E-state index is 14.2. The van der Waals surface area contributed by atoms with Crippen molar-refractivity contribution >= 4 is 27.5 Å². The van der Waals surface area contributed by atoms with Gasteiger partial charge < -0.3 is 14.8 Å². The van der Waals surface area contributed by atoms with Crippen LogP contribution in [0.25, 0.3) is 5.69 Å². The first-order valence-corrected chi connectivity index (χ1v) is 9.23. The maximum absolute atomic E-state index is 14.2. The Balaban J connectivity index is 1.54. The molecule has 4 rings (SSSR count). The van der Waals surface area contributed by atoms with Gasteiger partial charge in [-0.3, -0.25) is 4.79 Å². The molecule has 0 bridgehead atoms. The molecule has 0 aliphatic carbocycles. The van der Waals surface area contributed by atoms with E-state index in [-0.39, 0.29) is 18.0 Å². The van der Waals surface area contributed by atoms with Crippen LogP contribution >= 0.6 is 15.9 Å². The van der Waals surface area contributed by atoms with E-state index in [4.69, 9.17) is 9.47 Å². The number of rotatable bonds is 4. The van der Waals surface area contributed by atoms with E-state index in [9.17, 15) is 9.18 Å². The molecule has 1 aliphatic heterocycles. The first-order chi connectivity index (χ1) is 13.5. The minimum absolute atomic E-state index is 0.0325. The molecule has 0 radical (unpaired) electrons. The van der Waals surface area contributed by atoms with E-state index in [1.807, 2.05) is 0 Å². The van der Waals surface area contributed by atoms with Crippen molar-refractivity contribution in [1.29, 1.82) is 0 Å². The monoisotopic (exact) mass is 447 g/mol. The highest BCUT2D eigenvalue weighted by molar-refractivity contribution is 9.10. The predicted octanol–water partition coefficient (Wildman–Crippen LogP) is 2.82. The topological polar surface area (TPSA) is 91.2 Å². The van der Waals surface area contributed by atoms with E-state index >= 15 is 0 Å². The van der Waals surface area contributed by atoms with Crippen LogP contribution in [0.5, 0.6) is 11.5 Å². The van der Waals surface area contributed by atoms with Gasteiger partial charge >= 0.3 is 0 Å². The van der Waals surface area contributed by atoms with Gasteiger partial charge in [0.25, 0.3) is 0 Å². The van der Waals surface area contributed by atoms with Crippen molar-refractivity contribution in [1.82, 2.24) is 20.2 Å². The average Bonchev–Trinajstić information content (AvgIpc) is 3.10. The van der Waals surface area contributed by atoms with Gasteiger partial charge in [-0.1, -0.05) is 15.9 Å². The van der Waals surface area contributed by atoms with E-state index in [0.717, 1.165) is 0 Å². The summed E-state index contributed by atoms with van der Waals surface area (Å²) in [4.78, 5) is 12.5. The van der Waals surface area contributed by atoms with Gasteiger partial charge in [-0.15, -0.1) is 5.10 Å². The van der Waals surface area contributed by atoms with E-state index in [1.165, 1.54) is 22.9 Å². The molecule has 28 heavy (non-hydrogen) atoms. The molecule has 1 amide bonds. The number of benzene rings is 2. The molecule has 1 aromatic heterocycles. The molecule has 0 saturated heterocycles. The number of anilines is 1. The summed E-state index contributed by atoms with van der Waals surface area (Å²) in [5.41, 5.74) is 1.29. The normalized spacial score (nSPS) is 12.7. The zero-order valence-corrected chi connectivity index (χ0v) is 16.4. The predicted molar refractivity (Wildman–Crippen MR) is 101 cm³/mol. The quantitative estimate of drug-likeness (QED) is 0.660. The highest BCUT2D eigenvalue weighted by atomic mass is 79.9. The van der Waals surface area contributed by atoms with Gasteiger partial charge in [0, 0.05) is 4.47 Å². The summed E-state index contributed by atoms with van der Waals surface area (Å²) in [7, 11) is 0. The summed E-state index contributed by atoms with van der Waals surface area (Å²) in [5, 5.41) is 13.8. The molecule has 8 nitrogen and oxygen atoms in total. The Morgan fingerprint density at radius 1 is 1.25 bits per heavy atom. The number of aryl methyl sites for hydroxylation is 1. The summed E-state index contributed by atoms with van der Waals surface area (Å²) in [6.07, 6.45) is 0.0325. The van der Waals surface area contributed by atoms with Crippen molar-refractivity contribution < 1.29 is 18.7 Å². The third-order valence-electron chi connectivity index (χ3n) is 4.16. The van der Waals surface area contributed by atoms with Crippen LogP contribution in [0.2, 0.25) is 0 Å². The van der Waals surface area contributed by atoms with Crippen LogP contribution in [0, 0.1) is 12.7 Å². The van der Waals surface area contributed by atoms with Gasteiger partial charge in [-0.2, -0.15) is 4.68 Å². The number of amides is 1. The molecule has 0 spiro atoms. The molecule has 0 fully saturated rings. The second-order valence-electron chi connectivity index (χ2n) is 6.11. The van der Waals surface area contributed by atoms with Crippen LogP contribution in [0.15, 0.2) is 34.8 Å². The maximum Gasteiger partial charge on any atom is 0.228 e. The number of halogens is 2. The summed E-state index contributed by atoms with van der Waals surface area (Å²) in [5.74, 6) is 0.826. The lowest BCUT2D eigenvalue weighted by molar-refractivity contribution is -0.115. The van der Waals surface area contributed by atoms with Gasteiger partial charge in [-0.25, -0.2) is 4.39 Å². The number of ether oxygens (including phenoxy) is 2. The van der Waals surface area contributed by atoms with Gasteiger partial charge in [-0.05, 0) is 53.2 Å². The molecule has 1 N–H and O–H groups in total. The lowest BCUT2D eigenvalue weighted by atomic mass is 10.1. The molecular formula is C18H15BrFN5O3. The first kappa shape index (κ1) is 18.4. The standard InChI is InChI=1S/C18H15BrFN5O3/c1-10-22-23-24-25(10)12-2-3-14(20)15(8-12)21-18(26)7-11-6-16-17(9-13(11)19)28-5-4-27-16/h2-3,6,8-9H,4-5,7H2,1H3,(H,21,26). The fourth-order valence-electron chi connectivity index (χ4n) is 2.82. The Hall–Kier alpha value is -3.01. The molecule has 10 heteroatoms. The van der Waals surface area contributed by atoms with E-state index < -0.39 is 5.82 Å². The van der Waals surface area contributed by atoms with Crippen molar-refractivity contribution in [2.75, 3.05) is 18.5 Å². The molecule has 3 aromatic rings. The molecule has 0 saturated carbocycles. The first-order valence-electron chi connectivity index (χ1n) is 8.44. The number of tetrazole rings is 1. The van der Waals surface area contributed by atoms with Crippen LogP contribution < -0.4 is 14.8 Å². The Labute approximate surface area is 167 Å². The number of carbonyl (C=O) groups is 1. The number of nitrogens with one attached hydrogen (secondary N) is 1. The van der Waals surface area contributed by atoms with Crippen LogP contribution in [-0.2, 0) is 11.2 Å². The summed E-state index contributed by atoms with van der Waals surface area (Å²) < 4.78 is 27.4. The number of aromatic nitrogens is 4. The SMILES string of the molecule is Cc1nnnn1-c1ccc(F)c(NC(=O)Cc2cc3c(cc2Br)OCCO3)c1. The summed E-state index contributed by atoms with van der Waals surface area (Å²) in [6, 6.07) is 7.78. The third kappa shape index (κ3) is 3.68. The fourth-order valence-corrected chi connectivity index (χ4v) is 3.28. The number of hydrogen-bond acceptors (Lipinski definition) is 6. The Morgan fingerprint density at radius 3 is 2.71 bits per heavy atom. The summed E-state index contributed by atoms with van der Waals surface area (Å²) in [6.45, 7) is 2.66. The third-order valence-corrected chi connectivity index (χ3v) is 4.89. The van der Waals surface area contributed by atoms with Crippen molar-refractivity contribution in [2.24, 2.45) is 0 Å². The van der Waals surface area contributed by atoms with Crippen molar-refractivity contribution in [3.05, 3.63) is 52.0 Å². The molecule has 0 atom stereocenters. The highest BCUT2D eigenvalue weighted by Crippen LogP contribution is 2.35. The van der Waals surface area contributed by atoms with Crippen LogP contribution in [0.3, 0.4) is 0 Å². The van der Waals surface area contributed by atoms with Gasteiger partial charge in [0.05, 0.1) is 17.8 Å². The second-order valence-corrected chi connectivity index (χ2v) is 6.97. The number of hydrogen-bond donors (Lipinski definition) is 1. The summed E-state index contributed by atoms with van der Waals surface area (Å²) >= 11 is 3.43. The Morgan fingerprint density at radius 2 is 2.00 bits per heavy atom. The van der Waals surface area contributed by atoms with Crippen LogP contribution in [0.4, 0.5) is 10.1 Å². The zero-order chi connectivity index (χ0) is 19.7. The molecule has 2 aromatic carbocycles. The smallest absolute Gasteiger partial charge is 0.228 e. The number of carbonyl (C=O) groups excluding carboxylic acids is 1. The Bertz CT molecular complexity index is 1060. The van der Waals surface area contributed by atoms with E-state index in [0.29, 0.717) is 46.3 Å². The Kier molecular flexibility index (Phi) is 4.95. The van der Waals surface area contributed by atoms with Crippen LogP contribution in [0.1, 0.15) is 11.4 Å². The van der Waals surface area contributed by atoms with Gasteiger partial charge in [0.15, 0.2) is 17.3 Å². The minimum Gasteiger partial charge on any atom is -0.486 e. The highest BCUT2D eigenvalue weighted by Gasteiger charge is 2.17. The average molecular weight is 448 g/mol. The number of fused-ring (bicyclic) bond motifs is 1. The van der Waals surface area contributed by atoms with Crippen molar-refractivity contribution in [2.45, 2.75) is 13.3 Å². The van der Waals surface area contributed by atoms with Gasteiger partial charge in [0.2, 0.25) is 5.91 Å². The lowest BCUT2D eigenvalue weighted by Crippen LogP contribution is -2.18. The van der Waals surface area contributed by atoms with Gasteiger partial charge in [0.1, 0.15) is 19.0 Å². The largest absolute Gasteiger partial charge is 0.486 e. The van der Waals surface area contributed by atoms with Crippen molar-refractivity contribution in [3.8, 4) is 17.2 Å². The fraction of sp³-hybridized carbons (Fsp3) is 0.222. The van der Waals surface area contributed by atoms with Crippen molar-refractivity contribution in [3.63, 3.8) is 0 Å². The zero-order valence-electron chi connectivity index (χ0n) is 14.8. The van der Waals surface area contributed by atoms with Crippen LogP contribution in [-0.4, -0.2) is 39.3 Å². The minimum atomic E-state index is -0.552. The number of nitrogens with zero attached hydrogens (tertiary/aromatic N) is 4. The lowest BCUT2D eigenvalue weighted by Gasteiger charge is -2.20. The molecule has 2 heterocycles. The second kappa shape index (κ2) is 7.55. The van der Waals surface area contributed by atoms with E-state index in [2.05, 4.69) is 36.8 Å². The molecule has 1 aliphatic rings. The molecular weight excluding hydrogens is 433 g/mol. The molecule has 144 valence electrons.